The van der Waals surface area contributed by atoms with Crippen LogP contribution >= 0.6 is 11.3 Å². The smallest absolute Gasteiger partial charge is 0.0940 e. The maximum Gasteiger partial charge on any atom is 0.0940 e. The van der Waals surface area contributed by atoms with Crippen LogP contribution in [0.2, 0.25) is 0 Å². The summed E-state index contributed by atoms with van der Waals surface area (Å²) in [6.45, 7) is 9.06. The van der Waals surface area contributed by atoms with Gasteiger partial charge in [-0.1, -0.05) is 13.8 Å². The number of likely N-dealkylation sites (tertiary alicyclic amines) is 1. The highest BCUT2D eigenvalue weighted by molar-refractivity contribution is 7.11. The molecule has 0 spiro atoms. The molecule has 1 fully saturated rings. The molecule has 2 rings (SSSR count). The summed E-state index contributed by atoms with van der Waals surface area (Å²) in [7, 11) is 0. The molecule has 1 N–H and O–H groups in total. The minimum absolute atomic E-state index is 0.546. The van der Waals surface area contributed by atoms with Crippen LogP contribution in [0.15, 0.2) is 6.20 Å². The third-order valence-corrected chi connectivity index (χ3v) is 4.18. The Morgan fingerprint density at radius 1 is 1.41 bits per heavy atom. The lowest BCUT2D eigenvalue weighted by Gasteiger charge is -2.12. The van der Waals surface area contributed by atoms with Crippen molar-refractivity contribution in [3.63, 3.8) is 0 Å². The SMILES string of the molecule is CC(C)NCc1cnc(CCN2CCCC2)s1. The van der Waals surface area contributed by atoms with Gasteiger partial charge >= 0.3 is 0 Å². The molecule has 1 saturated heterocycles. The van der Waals surface area contributed by atoms with E-state index in [-0.39, 0.29) is 0 Å². The van der Waals surface area contributed by atoms with Crippen LogP contribution in [0.1, 0.15) is 36.6 Å². The van der Waals surface area contributed by atoms with Crippen LogP contribution in [-0.2, 0) is 13.0 Å². The average molecular weight is 253 g/mol. The van der Waals surface area contributed by atoms with Gasteiger partial charge in [0.2, 0.25) is 0 Å². The van der Waals surface area contributed by atoms with Gasteiger partial charge in [-0.2, -0.15) is 0 Å². The third-order valence-electron chi connectivity index (χ3n) is 3.13. The molecule has 0 radical (unpaired) electrons. The predicted molar refractivity (Wildman–Crippen MR) is 73.5 cm³/mol. The molecule has 3 nitrogen and oxygen atoms in total. The molecule has 0 atom stereocenters. The van der Waals surface area contributed by atoms with Crippen LogP contribution in [-0.4, -0.2) is 35.6 Å². The molecule has 1 aliphatic heterocycles. The predicted octanol–water partition coefficient (Wildman–Crippen LogP) is 2.28. The number of aromatic nitrogens is 1. The van der Waals surface area contributed by atoms with Crippen molar-refractivity contribution in [3.05, 3.63) is 16.1 Å². The number of thiazole rings is 1. The largest absolute Gasteiger partial charge is 0.310 e. The molecular formula is C13H23N3S. The van der Waals surface area contributed by atoms with E-state index in [0.717, 1.165) is 13.0 Å². The van der Waals surface area contributed by atoms with Crippen molar-refractivity contribution in [1.29, 1.82) is 0 Å². The Balaban J connectivity index is 1.73. The maximum absolute atomic E-state index is 4.51. The van der Waals surface area contributed by atoms with Crippen molar-refractivity contribution in [2.45, 2.75) is 45.7 Å². The first-order valence-electron chi connectivity index (χ1n) is 6.63. The van der Waals surface area contributed by atoms with Crippen LogP contribution in [0.25, 0.3) is 0 Å². The van der Waals surface area contributed by atoms with Gasteiger partial charge in [0.05, 0.1) is 5.01 Å². The van der Waals surface area contributed by atoms with Gasteiger partial charge in [0.1, 0.15) is 0 Å². The van der Waals surface area contributed by atoms with E-state index in [2.05, 4.69) is 29.0 Å². The van der Waals surface area contributed by atoms with E-state index in [1.54, 1.807) is 0 Å². The van der Waals surface area contributed by atoms with Crippen molar-refractivity contribution in [3.8, 4) is 0 Å². The first kappa shape index (κ1) is 13.0. The summed E-state index contributed by atoms with van der Waals surface area (Å²) < 4.78 is 0. The highest BCUT2D eigenvalue weighted by Gasteiger charge is 2.12. The zero-order chi connectivity index (χ0) is 12.1. The van der Waals surface area contributed by atoms with Gasteiger partial charge in [0, 0.05) is 36.6 Å². The van der Waals surface area contributed by atoms with E-state index < -0.39 is 0 Å². The Hall–Kier alpha value is -0.450. The number of hydrogen-bond donors (Lipinski definition) is 1. The van der Waals surface area contributed by atoms with E-state index in [1.165, 1.54) is 42.4 Å². The van der Waals surface area contributed by atoms with E-state index >= 15 is 0 Å². The molecule has 1 aromatic rings. The molecule has 0 amide bonds. The minimum Gasteiger partial charge on any atom is -0.310 e. The molecule has 1 aliphatic rings. The quantitative estimate of drug-likeness (QED) is 0.843. The zero-order valence-corrected chi connectivity index (χ0v) is 11.7. The van der Waals surface area contributed by atoms with Crippen molar-refractivity contribution < 1.29 is 0 Å². The maximum atomic E-state index is 4.51. The van der Waals surface area contributed by atoms with Crippen LogP contribution in [0, 0.1) is 0 Å². The summed E-state index contributed by atoms with van der Waals surface area (Å²) in [6, 6.07) is 0.546. The summed E-state index contributed by atoms with van der Waals surface area (Å²) in [5.74, 6) is 0. The van der Waals surface area contributed by atoms with Gasteiger partial charge in [-0.15, -0.1) is 11.3 Å². The molecule has 0 bridgehead atoms. The second-order valence-electron chi connectivity index (χ2n) is 5.05. The van der Waals surface area contributed by atoms with Gasteiger partial charge in [-0.25, -0.2) is 4.98 Å². The molecule has 0 aromatic carbocycles. The van der Waals surface area contributed by atoms with Gasteiger partial charge in [0.15, 0.2) is 0 Å². The molecular weight excluding hydrogens is 230 g/mol. The van der Waals surface area contributed by atoms with Crippen molar-refractivity contribution >= 4 is 11.3 Å². The normalized spacial score (nSPS) is 17.1. The summed E-state index contributed by atoms with van der Waals surface area (Å²) in [6.07, 6.45) is 5.90. The molecule has 0 saturated carbocycles. The molecule has 4 heteroatoms. The zero-order valence-electron chi connectivity index (χ0n) is 10.9. The lowest BCUT2D eigenvalue weighted by Crippen LogP contribution is -2.21. The average Bonchev–Trinajstić information content (AvgIpc) is 2.95. The number of rotatable bonds is 6. The number of nitrogens with zero attached hydrogens (tertiary/aromatic N) is 2. The third kappa shape index (κ3) is 4.37. The molecule has 0 unspecified atom stereocenters. The first-order valence-corrected chi connectivity index (χ1v) is 7.45. The standard InChI is InChI=1S/C13H23N3S/c1-11(2)14-9-12-10-15-13(17-12)5-8-16-6-3-4-7-16/h10-11,14H,3-9H2,1-2H3. The van der Waals surface area contributed by atoms with Gasteiger partial charge < -0.3 is 10.2 Å². The second-order valence-corrected chi connectivity index (χ2v) is 6.25. The summed E-state index contributed by atoms with van der Waals surface area (Å²) in [5.41, 5.74) is 0. The molecule has 2 heterocycles. The molecule has 96 valence electrons. The van der Waals surface area contributed by atoms with Crippen LogP contribution in [0.5, 0.6) is 0 Å². The Labute approximate surface area is 108 Å². The molecule has 1 aromatic heterocycles. The van der Waals surface area contributed by atoms with Gasteiger partial charge in [-0.05, 0) is 25.9 Å². The van der Waals surface area contributed by atoms with Crippen molar-refractivity contribution in [2.24, 2.45) is 0 Å². The van der Waals surface area contributed by atoms with Crippen LogP contribution in [0.4, 0.5) is 0 Å². The highest BCUT2D eigenvalue weighted by atomic mass is 32.1. The van der Waals surface area contributed by atoms with Crippen molar-refractivity contribution in [2.75, 3.05) is 19.6 Å². The first-order chi connectivity index (χ1) is 8.24. The fourth-order valence-corrected chi connectivity index (χ4v) is 2.97. The minimum atomic E-state index is 0.546. The topological polar surface area (TPSA) is 28.2 Å². The van der Waals surface area contributed by atoms with E-state index in [0.29, 0.717) is 6.04 Å². The van der Waals surface area contributed by atoms with Crippen LogP contribution < -0.4 is 5.32 Å². The fraction of sp³-hybridized carbons (Fsp3) is 0.769. The molecule has 17 heavy (non-hydrogen) atoms. The number of nitrogens with one attached hydrogen (secondary N) is 1. The summed E-state index contributed by atoms with van der Waals surface area (Å²) in [5, 5.41) is 4.72. The molecule has 0 aliphatic carbocycles. The summed E-state index contributed by atoms with van der Waals surface area (Å²) in [4.78, 5) is 8.41. The lowest BCUT2D eigenvalue weighted by molar-refractivity contribution is 0.343. The fourth-order valence-electron chi connectivity index (χ4n) is 2.11. The van der Waals surface area contributed by atoms with Crippen molar-refractivity contribution in [1.82, 2.24) is 15.2 Å². The summed E-state index contributed by atoms with van der Waals surface area (Å²) >= 11 is 1.86. The van der Waals surface area contributed by atoms with Gasteiger partial charge in [0.25, 0.3) is 0 Å². The van der Waals surface area contributed by atoms with E-state index in [9.17, 15) is 0 Å². The monoisotopic (exact) mass is 253 g/mol. The lowest BCUT2D eigenvalue weighted by atomic mass is 10.4. The second kappa shape index (κ2) is 6.47. The Bertz CT molecular complexity index is 329. The van der Waals surface area contributed by atoms with Gasteiger partial charge in [-0.3, -0.25) is 0 Å². The Morgan fingerprint density at radius 2 is 2.18 bits per heavy atom. The Morgan fingerprint density at radius 3 is 2.88 bits per heavy atom. The highest BCUT2D eigenvalue weighted by Crippen LogP contribution is 2.15. The van der Waals surface area contributed by atoms with E-state index in [1.807, 2.05) is 17.5 Å². The van der Waals surface area contributed by atoms with E-state index in [4.69, 9.17) is 0 Å². The Kier molecular flexibility index (Phi) is 4.95. The van der Waals surface area contributed by atoms with Crippen LogP contribution in [0.3, 0.4) is 0 Å². The number of hydrogen-bond acceptors (Lipinski definition) is 4.